The number of hydrogen-bond donors (Lipinski definition) is 2. The highest BCUT2D eigenvalue weighted by Gasteiger charge is 2.25. The Balaban J connectivity index is 2.23. The molecule has 0 saturated carbocycles. The van der Waals surface area contributed by atoms with Crippen LogP contribution in [0.4, 0.5) is 11.4 Å². The Morgan fingerprint density at radius 2 is 1.96 bits per heavy atom. The average Bonchev–Trinajstić information content (AvgIpc) is 2.53. The zero-order valence-electron chi connectivity index (χ0n) is 13.8. The van der Waals surface area contributed by atoms with Gasteiger partial charge in [0.2, 0.25) is 5.91 Å². The molecule has 0 atom stereocenters. The summed E-state index contributed by atoms with van der Waals surface area (Å²) in [4.78, 5) is 37.4. The van der Waals surface area contributed by atoms with Crippen LogP contribution in [0.3, 0.4) is 0 Å². The van der Waals surface area contributed by atoms with Crippen LogP contribution in [0.1, 0.15) is 32.8 Å². The summed E-state index contributed by atoms with van der Waals surface area (Å²) in [7, 11) is 0. The van der Waals surface area contributed by atoms with E-state index in [1.54, 1.807) is 24.0 Å². The zero-order chi connectivity index (χ0) is 17.0. The van der Waals surface area contributed by atoms with Crippen molar-refractivity contribution in [2.75, 3.05) is 23.3 Å². The number of hydrogen-bond acceptors (Lipinski definition) is 3. The fourth-order valence-electron chi connectivity index (χ4n) is 2.62. The van der Waals surface area contributed by atoms with Crippen LogP contribution >= 0.6 is 0 Å². The maximum Gasteiger partial charge on any atom is 0.313 e. The number of amides is 3. The first-order valence-electron chi connectivity index (χ1n) is 7.97. The molecule has 0 aliphatic carbocycles. The van der Waals surface area contributed by atoms with E-state index >= 15 is 0 Å². The third-order valence-corrected chi connectivity index (χ3v) is 3.77. The summed E-state index contributed by atoms with van der Waals surface area (Å²) < 4.78 is 0. The van der Waals surface area contributed by atoms with Crippen LogP contribution in [0.5, 0.6) is 0 Å². The summed E-state index contributed by atoms with van der Waals surface area (Å²) in [5.41, 5.74) is 2.42. The molecule has 124 valence electrons. The molecule has 1 aliphatic heterocycles. The molecule has 1 aromatic carbocycles. The Bertz CT molecular complexity index is 626. The number of anilines is 2. The topological polar surface area (TPSA) is 78.5 Å². The molecule has 0 aromatic heterocycles. The van der Waals surface area contributed by atoms with Gasteiger partial charge in [-0.3, -0.25) is 14.4 Å². The highest BCUT2D eigenvalue weighted by atomic mass is 16.2. The van der Waals surface area contributed by atoms with Crippen molar-refractivity contribution >= 4 is 29.1 Å². The van der Waals surface area contributed by atoms with Crippen molar-refractivity contribution in [2.45, 2.75) is 33.6 Å². The van der Waals surface area contributed by atoms with Gasteiger partial charge in [-0.05, 0) is 37.5 Å². The second-order valence-electron chi connectivity index (χ2n) is 5.91. The standard InChI is InChI=1S/C17H23N3O3/c1-4-18-15(21)16(22)19-13-8-7-12-6-5-9-20(14(12)10-13)17(23)11(2)3/h7-8,10-11H,4-6,9H2,1-3H3,(H,18,21)(H,19,22). The lowest BCUT2D eigenvalue weighted by atomic mass is 9.99. The first kappa shape index (κ1) is 17.0. The van der Waals surface area contributed by atoms with E-state index in [9.17, 15) is 14.4 Å². The molecule has 23 heavy (non-hydrogen) atoms. The normalized spacial score (nSPS) is 13.5. The van der Waals surface area contributed by atoms with Gasteiger partial charge in [0, 0.05) is 30.4 Å². The molecule has 0 fully saturated rings. The molecule has 2 N–H and O–H groups in total. The number of aryl methyl sites for hydroxylation is 1. The number of benzene rings is 1. The third-order valence-electron chi connectivity index (χ3n) is 3.77. The zero-order valence-corrected chi connectivity index (χ0v) is 13.8. The lowest BCUT2D eigenvalue weighted by Crippen LogP contribution is -2.38. The highest BCUT2D eigenvalue weighted by Crippen LogP contribution is 2.31. The number of rotatable bonds is 3. The van der Waals surface area contributed by atoms with Gasteiger partial charge in [0.1, 0.15) is 0 Å². The Labute approximate surface area is 136 Å². The maximum atomic E-state index is 12.4. The van der Waals surface area contributed by atoms with E-state index in [2.05, 4.69) is 10.6 Å². The molecule has 0 spiro atoms. The number of fused-ring (bicyclic) bond motifs is 1. The Morgan fingerprint density at radius 1 is 1.22 bits per heavy atom. The van der Waals surface area contributed by atoms with Crippen molar-refractivity contribution in [3.05, 3.63) is 23.8 Å². The summed E-state index contributed by atoms with van der Waals surface area (Å²) in [6.45, 7) is 6.57. The molecule has 3 amide bonds. The minimum atomic E-state index is -0.704. The summed E-state index contributed by atoms with van der Waals surface area (Å²) in [5.74, 6) is -1.39. The number of likely N-dealkylation sites (N-methyl/N-ethyl adjacent to an activating group) is 1. The van der Waals surface area contributed by atoms with Crippen molar-refractivity contribution in [3.63, 3.8) is 0 Å². The molecule has 0 saturated heterocycles. The molecule has 2 rings (SSSR count). The van der Waals surface area contributed by atoms with E-state index in [1.807, 2.05) is 19.9 Å². The van der Waals surface area contributed by atoms with Gasteiger partial charge in [-0.25, -0.2) is 0 Å². The van der Waals surface area contributed by atoms with Crippen LogP contribution < -0.4 is 15.5 Å². The SMILES string of the molecule is CCNC(=O)C(=O)Nc1ccc2c(c1)N(C(=O)C(C)C)CCC2. The van der Waals surface area contributed by atoms with Crippen molar-refractivity contribution < 1.29 is 14.4 Å². The third kappa shape index (κ3) is 3.88. The summed E-state index contributed by atoms with van der Waals surface area (Å²) in [5, 5.41) is 5.03. The van der Waals surface area contributed by atoms with Gasteiger partial charge >= 0.3 is 11.8 Å². The van der Waals surface area contributed by atoms with Crippen LogP contribution in [-0.2, 0) is 20.8 Å². The average molecular weight is 317 g/mol. The fourth-order valence-corrected chi connectivity index (χ4v) is 2.62. The van der Waals surface area contributed by atoms with Gasteiger partial charge in [-0.15, -0.1) is 0 Å². The van der Waals surface area contributed by atoms with Gasteiger partial charge < -0.3 is 15.5 Å². The predicted octanol–water partition coefficient (Wildman–Crippen LogP) is 1.70. The molecule has 6 heteroatoms. The quantitative estimate of drug-likeness (QED) is 0.833. The number of carbonyl (C=O) groups is 3. The second kappa shape index (κ2) is 7.26. The smallest absolute Gasteiger partial charge is 0.313 e. The van der Waals surface area contributed by atoms with E-state index < -0.39 is 11.8 Å². The number of nitrogens with zero attached hydrogens (tertiary/aromatic N) is 1. The largest absolute Gasteiger partial charge is 0.348 e. The number of carbonyl (C=O) groups excluding carboxylic acids is 3. The molecule has 1 aliphatic rings. The van der Waals surface area contributed by atoms with Gasteiger partial charge in [0.15, 0.2) is 0 Å². The number of nitrogens with one attached hydrogen (secondary N) is 2. The van der Waals surface area contributed by atoms with Crippen molar-refractivity contribution in [1.29, 1.82) is 0 Å². The van der Waals surface area contributed by atoms with Gasteiger partial charge in [-0.2, -0.15) is 0 Å². The Morgan fingerprint density at radius 3 is 2.61 bits per heavy atom. The van der Waals surface area contributed by atoms with Crippen LogP contribution in [0, 0.1) is 5.92 Å². The van der Waals surface area contributed by atoms with Crippen LogP contribution in [0.15, 0.2) is 18.2 Å². The first-order chi connectivity index (χ1) is 10.9. The molecule has 0 bridgehead atoms. The molecular weight excluding hydrogens is 294 g/mol. The van der Waals surface area contributed by atoms with E-state index in [1.165, 1.54) is 0 Å². The van der Waals surface area contributed by atoms with E-state index in [-0.39, 0.29) is 11.8 Å². The second-order valence-corrected chi connectivity index (χ2v) is 5.91. The highest BCUT2D eigenvalue weighted by molar-refractivity contribution is 6.39. The molecule has 0 unspecified atom stereocenters. The minimum absolute atomic E-state index is 0.0677. The molecular formula is C17H23N3O3. The summed E-state index contributed by atoms with van der Waals surface area (Å²) in [6.07, 6.45) is 1.83. The van der Waals surface area contributed by atoms with Crippen molar-refractivity contribution in [3.8, 4) is 0 Å². The van der Waals surface area contributed by atoms with Crippen LogP contribution in [0.2, 0.25) is 0 Å². The lowest BCUT2D eigenvalue weighted by molar-refractivity contribution is -0.136. The van der Waals surface area contributed by atoms with Crippen LogP contribution in [-0.4, -0.2) is 30.8 Å². The van der Waals surface area contributed by atoms with Crippen LogP contribution in [0.25, 0.3) is 0 Å². The molecule has 1 heterocycles. The maximum absolute atomic E-state index is 12.4. The summed E-state index contributed by atoms with van der Waals surface area (Å²) >= 11 is 0. The fraction of sp³-hybridized carbons (Fsp3) is 0.471. The van der Waals surface area contributed by atoms with Gasteiger partial charge in [0.05, 0.1) is 0 Å². The monoisotopic (exact) mass is 317 g/mol. The van der Waals surface area contributed by atoms with Crippen molar-refractivity contribution in [2.24, 2.45) is 5.92 Å². The van der Waals surface area contributed by atoms with Gasteiger partial charge in [0.25, 0.3) is 0 Å². The lowest BCUT2D eigenvalue weighted by Gasteiger charge is -2.31. The Kier molecular flexibility index (Phi) is 5.36. The predicted molar refractivity (Wildman–Crippen MR) is 89.3 cm³/mol. The Hall–Kier alpha value is -2.37. The minimum Gasteiger partial charge on any atom is -0.348 e. The molecule has 0 radical (unpaired) electrons. The van der Waals surface area contributed by atoms with E-state index in [0.717, 1.165) is 24.1 Å². The van der Waals surface area contributed by atoms with Crippen molar-refractivity contribution in [1.82, 2.24) is 5.32 Å². The molecule has 1 aromatic rings. The summed E-state index contributed by atoms with van der Waals surface area (Å²) in [6, 6.07) is 5.44. The molecule has 6 nitrogen and oxygen atoms in total. The van der Waals surface area contributed by atoms with Gasteiger partial charge in [-0.1, -0.05) is 19.9 Å². The first-order valence-corrected chi connectivity index (χ1v) is 7.97. The van der Waals surface area contributed by atoms with E-state index in [4.69, 9.17) is 0 Å². The van der Waals surface area contributed by atoms with E-state index in [0.29, 0.717) is 18.8 Å².